The molecule has 2 N–H and O–H groups in total. The zero-order valence-corrected chi connectivity index (χ0v) is 27.5. The number of hydrogen-bond donors (Lipinski definition) is 2. The van der Waals surface area contributed by atoms with Crippen LogP contribution in [0.4, 0.5) is 0 Å². The molecule has 0 bridgehead atoms. The normalized spacial score (nSPS) is 32.8. The molecular formula is C38H49NO4S. The molecule has 0 radical (unpaired) electrons. The lowest BCUT2D eigenvalue weighted by Crippen LogP contribution is -2.37. The summed E-state index contributed by atoms with van der Waals surface area (Å²) in [4.78, 5) is 18.2. The lowest BCUT2D eigenvalue weighted by molar-refractivity contribution is 0.0127. The van der Waals surface area contributed by atoms with Gasteiger partial charge in [0.2, 0.25) is 0 Å². The van der Waals surface area contributed by atoms with Crippen molar-refractivity contribution in [1.29, 1.82) is 0 Å². The van der Waals surface area contributed by atoms with E-state index in [4.69, 9.17) is 9.72 Å². The van der Waals surface area contributed by atoms with Gasteiger partial charge in [0, 0.05) is 17.5 Å². The molecule has 4 saturated carbocycles. The number of benzene rings is 1. The molecule has 7 atom stereocenters. The molecule has 1 aromatic carbocycles. The van der Waals surface area contributed by atoms with Crippen LogP contribution in [-0.4, -0.2) is 39.5 Å². The van der Waals surface area contributed by atoms with Gasteiger partial charge in [0.1, 0.15) is 11.1 Å². The topological polar surface area (TPSA) is 79.7 Å². The van der Waals surface area contributed by atoms with Crippen LogP contribution in [0.3, 0.4) is 0 Å². The molecule has 0 unspecified atom stereocenters. The van der Waals surface area contributed by atoms with E-state index < -0.39 is 12.2 Å². The van der Waals surface area contributed by atoms with Crippen LogP contribution in [0.25, 0.3) is 0 Å². The van der Waals surface area contributed by atoms with Crippen LogP contribution in [-0.2, 0) is 10.2 Å². The van der Waals surface area contributed by atoms with Crippen molar-refractivity contribution in [3.05, 3.63) is 87.4 Å². The zero-order valence-electron chi connectivity index (χ0n) is 26.6. The first-order valence-electron chi connectivity index (χ1n) is 16.7. The van der Waals surface area contributed by atoms with Gasteiger partial charge in [-0.3, -0.25) is 0 Å². The van der Waals surface area contributed by atoms with Crippen LogP contribution >= 0.6 is 11.3 Å². The quantitative estimate of drug-likeness (QED) is 0.278. The van der Waals surface area contributed by atoms with Crippen molar-refractivity contribution >= 4 is 17.3 Å². The molecule has 236 valence electrons. The number of rotatable bonds is 9. The number of esters is 1. The number of nitrogens with zero attached hydrogens (tertiary/aromatic N) is 1. The predicted molar refractivity (Wildman–Crippen MR) is 177 cm³/mol. The summed E-state index contributed by atoms with van der Waals surface area (Å²) >= 11 is 1.71. The highest BCUT2D eigenvalue weighted by Gasteiger charge is 2.56. The maximum atomic E-state index is 13.3. The number of carbonyl (C=O) groups is 1. The fraction of sp³-hybridized carbons (Fsp3) is 0.579. The number of fused-ring (bicyclic) bond motifs is 1. The van der Waals surface area contributed by atoms with Crippen molar-refractivity contribution in [3.8, 4) is 0 Å². The lowest BCUT2D eigenvalue weighted by atomic mass is 9.60. The Hall–Kier alpha value is -2.54. The van der Waals surface area contributed by atoms with E-state index in [9.17, 15) is 15.0 Å². The zero-order chi connectivity index (χ0) is 31.1. The standard InChI is InChI=1S/C38H49NO4S/c1-24(12-17-34(43-35(42)28-9-6-5-7-10-28)38(19-20-38)36-39-25(2)23-44-36)31-15-16-32-27(11-8-18-37(31,32)4)13-14-29-21-30(40)22-33(41)26(29)3/h5-7,9-10,13-14,23-24,30-34,40-41H,3,8,11-12,15-22H2,1-2,4H3/t24-,30-,31-,32+,33+,34-,37-/m1/s1. The van der Waals surface area contributed by atoms with Gasteiger partial charge in [-0.1, -0.05) is 56.4 Å². The van der Waals surface area contributed by atoms with Gasteiger partial charge < -0.3 is 14.9 Å². The monoisotopic (exact) mass is 615 g/mol. The molecule has 4 aliphatic carbocycles. The van der Waals surface area contributed by atoms with Crippen molar-refractivity contribution in [2.24, 2.45) is 23.2 Å². The summed E-state index contributed by atoms with van der Waals surface area (Å²) < 4.78 is 6.37. The first-order valence-corrected chi connectivity index (χ1v) is 17.6. The van der Waals surface area contributed by atoms with E-state index in [2.05, 4.69) is 38.0 Å². The Labute approximate surface area is 267 Å². The second-order valence-corrected chi connectivity index (χ2v) is 15.3. The van der Waals surface area contributed by atoms with Crippen molar-refractivity contribution < 1.29 is 19.7 Å². The van der Waals surface area contributed by atoms with E-state index in [0.29, 0.717) is 36.2 Å². The molecule has 5 nitrogen and oxygen atoms in total. The average Bonchev–Trinajstić information content (AvgIpc) is 3.56. The average molecular weight is 616 g/mol. The fourth-order valence-corrected chi connectivity index (χ4v) is 10.0. The molecule has 0 aliphatic heterocycles. The molecule has 0 amide bonds. The Kier molecular flexibility index (Phi) is 9.07. The first-order chi connectivity index (χ1) is 21.1. The van der Waals surface area contributed by atoms with Crippen LogP contribution in [0, 0.1) is 30.1 Å². The van der Waals surface area contributed by atoms with Gasteiger partial charge in [0.25, 0.3) is 0 Å². The molecule has 2 aromatic rings. The van der Waals surface area contributed by atoms with Gasteiger partial charge in [-0.05, 0) is 118 Å². The van der Waals surface area contributed by atoms with E-state index in [-0.39, 0.29) is 22.9 Å². The Morgan fingerprint density at radius 2 is 1.93 bits per heavy atom. The minimum absolute atomic E-state index is 0.149. The highest BCUT2D eigenvalue weighted by Crippen LogP contribution is 2.60. The SMILES string of the molecule is C=C1C(=CC=C2CCC[C@]3(C)[C@@H]([C@H](C)CC[C@@H](OC(=O)c4ccccc4)C4(c5nc(C)cs5)CC4)CC[C@@H]23)C[C@@H](O)C[C@@H]1O. The van der Waals surface area contributed by atoms with Gasteiger partial charge in [-0.25, -0.2) is 9.78 Å². The molecule has 6 heteroatoms. The predicted octanol–water partition coefficient (Wildman–Crippen LogP) is 8.27. The number of carbonyl (C=O) groups excluding carboxylic acids is 1. The second kappa shape index (κ2) is 12.7. The summed E-state index contributed by atoms with van der Waals surface area (Å²) in [7, 11) is 0. The van der Waals surface area contributed by atoms with E-state index in [1.807, 2.05) is 37.3 Å². The highest BCUT2D eigenvalue weighted by atomic mass is 32.1. The first kappa shape index (κ1) is 31.4. The summed E-state index contributed by atoms with van der Waals surface area (Å²) in [5, 5.41) is 23.8. The molecule has 0 saturated heterocycles. The van der Waals surface area contributed by atoms with Crippen molar-refractivity contribution in [3.63, 3.8) is 0 Å². The van der Waals surface area contributed by atoms with Gasteiger partial charge in [0.05, 0.1) is 23.2 Å². The number of ether oxygens (including phenoxy) is 1. The number of thiazole rings is 1. The van der Waals surface area contributed by atoms with Crippen LogP contribution in [0.15, 0.2) is 71.2 Å². The molecule has 1 heterocycles. The van der Waals surface area contributed by atoms with Crippen LogP contribution in [0.1, 0.15) is 106 Å². The summed E-state index contributed by atoms with van der Waals surface area (Å²) in [5.74, 6) is 1.48. The largest absolute Gasteiger partial charge is 0.458 e. The Morgan fingerprint density at radius 3 is 2.64 bits per heavy atom. The number of aliphatic hydroxyl groups excluding tert-OH is 2. The highest BCUT2D eigenvalue weighted by molar-refractivity contribution is 7.09. The summed E-state index contributed by atoms with van der Waals surface area (Å²) in [6, 6.07) is 9.39. The molecule has 44 heavy (non-hydrogen) atoms. The Morgan fingerprint density at radius 1 is 1.16 bits per heavy atom. The van der Waals surface area contributed by atoms with Crippen LogP contribution in [0.5, 0.6) is 0 Å². The third kappa shape index (κ3) is 6.15. The van der Waals surface area contributed by atoms with Crippen molar-refractivity contribution in [2.75, 3.05) is 0 Å². The maximum absolute atomic E-state index is 13.3. The van der Waals surface area contributed by atoms with E-state index >= 15 is 0 Å². The van der Waals surface area contributed by atoms with Gasteiger partial charge in [0.15, 0.2) is 0 Å². The molecular weight excluding hydrogens is 566 g/mol. The Bertz CT molecular complexity index is 1420. The molecule has 4 fully saturated rings. The van der Waals surface area contributed by atoms with E-state index in [1.54, 1.807) is 11.3 Å². The fourth-order valence-electron chi connectivity index (χ4n) is 8.91. The van der Waals surface area contributed by atoms with Gasteiger partial charge in [-0.15, -0.1) is 11.3 Å². The minimum atomic E-state index is -0.651. The summed E-state index contributed by atoms with van der Waals surface area (Å²) in [6.07, 6.45) is 14.0. The minimum Gasteiger partial charge on any atom is -0.458 e. The van der Waals surface area contributed by atoms with Crippen LogP contribution in [0.2, 0.25) is 0 Å². The molecule has 4 aliphatic rings. The number of aromatic nitrogens is 1. The van der Waals surface area contributed by atoms with E-state index in [1.165, 1.54) is 31.3 Å². The number of aliphatic hydroxyl groups is 2. The third-order valence-electron chi connectivity index (χ3n) is 11.6. The lowest BCUT2D eigenvalue weighted by Gasteiger charge is -2.44. The molecule has 6 rings (SSSR count). The summed E-state index contributed by atoms with van der Waals surface area (Å²) in [5.41, 5.74) is 5.02. The van der Waals surface area contributed by atoms with E-state index in [0.717, 1.165) is 54.0 Å². The smallest absolute Gasteiger partial charge is 0.338 e. The third-order valence-corrected chi connectivity index (χ3v) is 12.8. The van der Waals surface area contributed by atoms with Gasteiger partial charge in [-0.2, -0.15) is 0 Å². The molecule has 1 aromatic heterocycles. The van der Waals surface area contributed by atoms with Crippen LogP contribution < -0.4 is 0 Å². The van der Waals surface area contributed by atoms with Crippen molar-refractivity contribution in [1.82, 2.24) is 4.98 Å². The Balaban J connectivity index is 1.17. The maximum Gasteiger partial charge on any atom is 0.338 e. The number of aryl methyl sites for hydroxylation is 1. The number of allylic oxidation sites excluding steroid dienone is 3. The summed E-state index contributed by atoms with van der Waals surface area (Å²) in [6.45, 7) is 11.1. The molecule has 0 spiro atoms. The van der Waals surface area contributed by atoms with Gasteiger partial charge >= 0.3 is 5.97 Å². The second-order valence-electron chi connectivity index (χ2n) is 14.4. The number of hydrogen-bond acceptors (Lipinski definition) is 6. The van der Waals surface area contributed by atoms with Crippen molar-refractivity contribution in [2.45, 2.75) is 115 Å².